The minimum atomic E-state index is -4.37. The van der Waals surface area contributed by atoms with Crippen molar-refractivity contribution in [3.63, 3.8) is 0 Å². The number of likely N-dealkylation sites (N-methyl/N-ethyl adjacent to an activating group) is 1. The van der Waals surface area contributed by atoms with Gasteiger partial charge in [0.05, 0.1) is 39.9 Å². The van der Waals surface area contributed by atoms with Crippen molar-refractivity contribution in [3.8, 4) is 0 Å². The van der Waals surface area contributed by atoms with Gasteiger partial charge in [0.15, 0.2) is 0 Å². The lowest BCUT2D eigenvalue weighted by molar-refractivity contribution is -0.870. The maximum Gasteiger partial charge on any atom is 0.472 e. The number of nitrogens with zero attached hydrogens (tertiary/aromatic N) is 1. The van der Waals surface area contributed by atoms with E-state index in [-0.39, 0.29) is 19.1 Å². The third-order valence-corrected chi connectivity index (χ3v) is 10.00. The molecule has 0 saturated heterocycles. The van der Waals surface area contributed by atoms with Gasteiger partial charge in [-0.2, -0.15) is 0 Å². The second-order valence-corrected chi connectivity index (χ2v) is 17.1. The van der Waals surface area contributed by atoms with Crippen LogP contribution < -0.4 is 5.32 Å². The smallest absolute Gasteiger partial charge is 0.387 e. The van der Waals surface area contributed by atoms with E-state index in [1.807, 2.05) is 27.2 Å². The number of hydrogen-bond acceptors (Lipinski definition) is 5. The molecule has 1 amide bonds. The number of aliphatic hydroxyl groups is 1. The highest BCUT2D eigenvalue weighted by molar-refractivity contribution is 7.47. The summed E-state index contributed by atoms with van der Waals surface area (Å²) in [5.41, 5.74) is 0. The van der Waals surface area contributed by atoms with Gasteiger partial charge in [0.25, 0.3) is 0 Å². The molecule has 0 aromatic rings. The van der Waals surface area contributed by atoms with Crippen LogP contribution in [-0.4, -0.2) is 73.4 Å². The van der Waals surface area contributed by atoms with E-state index in [1.165, 1.54) is 44.9 Å². The highest BCUT2D eigenvalue weighted by atomic mass is 31.2. The van der Waals surface area contributed by atoms with E-state index in [0.717, 1.165) is 77.0 Å². The van der Waals surface area contributed by atoms with E-state index in [2.05, 4.69) is 104 Å². The monoisotopic (exact) mass is 816 g/mol. The molecule has 3 N–H and O–H groups in total. The topological polar surface area (TPSA) is 105 Å². The highest BCUT2D eigenvalue weighted by Gasteiger charge is 2.27. The molecular weight excluding hydrogens is 732 g/mol. The fraction of sp³-hybridized carbons (Fsp3) is 0.646. The van der Waals surface area contributed by atoms with Crippen LogP contribution in [0.25, 0.3) is 0 Å². The molecule has 0 aliphatic rings. The molecule has 0 saturated carbocycles. The summed E-state index contributed by atoms with van der Waals surface area (Å²) in [6.45, 7) is 4.60. The summed E-state index contributed by atoms with van der Waals surface area (Å²) in [6, 6.07) is -0.892. The van der Waals surface area contributed by atoms with E-state index in [0.29, 0.717) is 23.9 Å². The van der Waals surface area contributed by atoms with Crippen molar-refractivity contribution in [1.29, 1.82) is 0 Å². The zero-order chi connectivity index (χ0) is 42.1. The van der Waals surface area contributed by atoms with Crippen molar-refractivity contribution in [2.75, 3.05) is 40.9 Å². The molecule has 0 heterocycles. The molecule has 3 atom stereocenters. The Bertz CT molecular complexity index is 1240. The summed E-state index contributed by atoms with van der Waals surface area (Å²) < 4.78 is 23.5. The minimum absolute atomic E-state index is 0.0411. The molecule has 0 aliphatic carbocycles. The van der Waals surface area contributed by atoms with Gasteiger partial charge in [-0.25, -0.2) is 4.57 Å². The molecule has 0 aliphatic heterocycles. The zero-order valence-electron chi connectivity index (χ0n) is 36.8. The first-order valence-corrected chi connectivity index (χ1v) is 23.6. The maximum absolute atomic E-state index is 12.9. The van der Waals surface area contributed by atoms with Gasteiger partial charge in [-0.05, 0) is 89.9 Å². The third-order valence-electron chi connectivity index (χ3n) is 9.02. The Balaban J connectivity index is 4.60. The quantitative estimate of drug-likeness (QED) is 0.0248. The van der Waals surface area contributed by atoms with Crippen LogP contribution in [0.1, 0.15) is 149 Å². The Morgan fingerprint density at radius 3 is 1.61 bits per heavy atom. The average molecular weight is 816 g/mol. The summed E-state index contributed by atoms with van der Waals surface area (Å²) in [7, 11) is 1.50. The van der Waals surface area contributed by atoms with Crippen molar-refractivity contribution in [2.45, 2.75) is 161 Å². The van der Waals surface area contributed by atoms with Gasteiger partial charge in [-0.3, -0.25) is 13.8 Å². The van der Waals surface area contributed by atoms with Crippen molar-refractivity contribution in [1.82, 2.24) is 5.32 Å². The minimum Gasteiger partial charge on any atom is -0.387 e. The predicted octanol–water partition coefficient (Wildman–Crippen LogP) is 12.4. The molecule has 0 aromatic heterocycles. The van der Waals surface area contributed by atoms with Gasteiger partial charge in [0.2, 0.25) is 5.91 Å². The summed E-state index contributed by atoms with van der Waals surface area (Å²) in [5, 5.41) is 13.8. The number of unbranched alkanes of at least 4 members (excludes halogenated alkanes) is 11. The van der Waals surface area contributed by atoms with E-state index in [9.17, 15) is 19.4 Å². The number of allylic oxidation sites excluding steroid dienone is 15. The van der Waals surface area contributed by atoms with Gasteiger partial charge in [-0.1, -0.05) is 150 Å². The first kappa shape index (κ1) is 54.4. The summed E-state index contributed by atoms with van der Waals surface area (Å²) in [5.74, 6) is -0.228. The first-order chi connectivity index (χ1) is 27.5. The second-order valence-electron chi connectivity index (χ2n) is 15.7. The number of hydrogen-bond donors (Lipinski definition) is 3. The number of carbonyl (C=O) groups excluding carboxylic acids is 1. The Morgan fingerprint density at radius 1 is 0.614 bits per heavy atom. The van der Waals surface area contributed by atoms with Crippen molar-refractivity contribution in [3.05, 3.63) is 97.2 Å². The SMILES string of the molecule is CC/C=C\C/C=C\C/C=C\C/C=C\C/C=C\CCCCCC(=O)NC(COP(=O)(O)OCC[N+](C)(C)C)C(O)/C=C/CC/C=C/CC/C=C/CCCCCCCC. The van der Waals surface area contributed by atoms with Gasteiger partial charge < -0.3 is 19.8 Å². The lowest BCUT2D eigenvalue weighted by Crippen LogP contribution is -2.45. The normalized spacial score (nSPS) is 15.3. The second kappa shape index (κ2) is 38.9. The molecule has 0 aromatic carbocycles. The molecule has 57 heavy (non-hydrogen) atoms. The maximum atomic E-state index is 12.9. The van der Waals surface area contributed by atoms with Crippen molar-refractivity contribution >= 4 is 13.7 Å². The molecule has 8 nitrogen and oxygen atoms in total. The van der Waals surface area contributed by atoms with Crippen LogP contribution in [0.15, 0.2) is 97.2 Å². The number of phosphoric ester groups is 1. The largest absolute Gasteiger partial charge is 0.472 e. The fourth-order valence-electron chi connectivity index (χ4n) is 5.51. The van der Waals surface area contributed by atoms with Crippen LogP contribution in [0.4, 0.5) is 0 Å². The van der Waals surface area contributed by atoms with Gasteiger partial charge in [0.1, 0.15) is 13.2 Å². The first-order valence-electron chi connectivity index (χ1n) is 22.1. The summed E-state index contributed by atoms with van der Waals surface area (Å²) in [6.07, 6.45) is 54.8. The lowest BCUT2D eigenvalue weighted by atomic mass is 10.1. The number of phosphoric acid groups is 1. The molecule has 0 bridgehead atoms. The number of quaternary nitrogens is 1. The molecule has 0 spiro atoms. The lowest BCUT2D eigenvalue weighted by Gasteiger charge is -2.25. The summed E-state index contributed by atoms with van der Waals surface area (Å²) in [4.78, 5) is 23.1. The molecule has 0 radical (unpaired) electrons. The Hall–Kier alpha value is -2.58. The Labute approximate surface area is 349 Å². The van der Waals surface area contributed by atoms with Crippen LogP contribution in [0.5, 0.6) is 0 Å². The predicted molar refractivity (Wildman–Crippen MR) is 244 cm³/mol. The Kier molecular flexibility index (Phi) is 37.2. The van der Waals surface area contributed by atoms with Gasteiger partial charge in [0, 0.05) is 6.42 Å². The van der Waals surface area contributed by atoms with Crippen LogP contribution in [0.3, 0.4) is 0 Å². The molecule has 0 rings (SSSR count). The van der Waals surface area contributed by atoms with E-state index < -0.39 is 20.0 Å². The third kappa shape index (κ3) is 41.4. The van der Waals surface area contributed by atoms with E-state index in [4.69, 9.17) is 9.05 Å². The molecule has 9 heteroatoms. The molecule has 0 fully saturated rings. The fourth-order valence-corrected chi connectivity index (χ4v) is 6.24. The van der Waals surface area contributed by atoms with Gasteiger partial charge >= 0.3 is 7.82 Å². The van der Waals surface area contributed by atoms with Crippen LogP contribution in [0.2, 0.25) is 0 Å². The van der Waals surface area contributed by atoms with E-state index >= 15 is 0 Å². The number of nitrogens with one attached hydrogen (secondary N) is 1. The number of rotatable bonds is 38. The standard InChI is InChI=1S/C48H83N2O6P/c1-6-8-10-12-14-16-18-20-22-24-25-26-28-30-32-34-36-38-40-42-48(52)49-46(45-56-57(53,54)55-44-43-50(3,4)5)47(51)41-39-37-35-33-31-29-27-23-21-19-17-15-13-11-9-7-2/h8,10,14,16,20-23,25-26,30-33,39,41,46-47,51H,6-7,9,11-13,15,17-19,24,27-29,34-38,40,42-45H2,1-5H3,(H-,49,52,53,54)/p+1/b10-8-,16-14-,22-20-,23-21+,26-25-,32-30-,33-31+,41-39+. The molecular formula is C48H84N2O6P+. The average Bonchev–Trinajstić information content (AvgIpc) is 3.16. The molecule has 3 unspecified atom stereocenters. The Morgan fingerprint density at radius 2 is 1.07 bits per heavy atom. The van der Waals surface area contributed by atoms with E-state index in [1.54, 1.807) is 6.08 Å². The van der Waals surface area contributed by atoms with Crippen molar-refractivity contribution in [2.24, 2.45) is 0 Å². The van der Waals surface area contributed by atoms with Crippen LogP contribution in [0, 0.1) is 0 Å². The van der Waals surface area contributed by atoms with Crippen LogP contribution in [-0.2, 0) is 18.4 Å². The van der Waals surface area contributed by atoms with Crippen LogP contribution >= 0.6 is 7.82 Å². The number of amides is 1. The molecule has 326 valence electrons. The number of carbonyl (C=O) groups is 1. The van der Waals surface area contributed by atoms with Gasteiger partial charge in [-0.15, -0.1) is 0 Å². The summed E-state index contributed by atoms with van der Waals surface area (Å²) >= 11 is 0. The zero-order valence-corrected chi connectivity index (χ0v) is 37.7. The highest BCUT2D eigenvalue weighted by Crippen LogP contribution is 2.43. The number of aliphatic hydroxyl groups excluding tert-OH is 1. The van der Waals surface area contributed by atoms with Crippen molar-refractivity contribution < 1.29 is 32.9 Å².